The molecule has 3 aromatic rings. The number of rotatable bonds is 8. The third kappa shape index (κ3) is 5.14. The molecule has 0 saturated heterocycles. The molecular formula is C22H22N4O5S. The van der Waals surface area contributed by atoms with Crippen LogP contribution in [-0.2, 0) is 19.6 Å². The summed E-state index contributed by atoms with van der Waals surface area (Å²) in [6.07, 6.45) is 0. The molecule has 0 aliphatic heterocycles. The van der Waals surface area contributed by atoms with E-state index in [4.69, 9.17) is 4.74 Å². The molecule has 1 heterocycles. The molecule has 1 atom stereocenters. The van der Waals surface area contributed by atoms with Crippen molar-refractivity contribution in [1.29, 1.82) is 5.26 Å². The Morgan fingerprint density at radius 1 is 1.19 bits per heavy atom. The highest BCUT2D eigenvalue weighted by Gasteiger charge is 2.30. The van der Waals surface area contributed by atoms with Gasteiger partial charge in [0.2, 0.25) is 10.0 Å². The number of esters is 1. The largest absolute Gasteiger partial charge is 0.507 e. The van der Waals surface area contributed by atoms with E-state index in [0.717, 1.165) is 0 Å². The Bertz CT molecular complexity index is 1260. The van der Waals surface area contributed by atoms with Crippen molar-refractivity contribution in [2.45, 2.75) is 24.8 Å². The van der Waals surface area contributed by atoms with Crippen molar-refractivity contribution in [3.05, 3.63) is 66.2 Å². The van der Waals surface area contributed by atoms with Crippen molar-refractivity contribution < 1.29 is 23.1 Å². The predicted molar refractivity (Wildman–Crippen MR) is 118 cm³/mol. The number of H-pyrrole nitrogens is 1. The average Bonchev–Trinajstić information content (AvgIpc) is 3.20. The number of carbonyl (C=O) groups is 1. The van der Waals surface area contributed by atoms with Crippen LogP contribution in [0.3, 0.4) is 0 Å². The molecule has 0 aliphatic carbocycles. The summed E-state index contributed by atoms with van der Waals surface area (Å²) in [6, 6.07) is 15.4. The molecule has 166 valence electrons. The fourth-order valence-corrected chi connectivity index (χ4v) is 4.27. The first-order valence-corrected chi connectivity index (χ1v) is 11.2. The highest BCUT2D eigenvalue weighted by Crippen LogP contribution is 2.19. The number of aromatic nitrogens is 2. The van der Waals surface area contributed by atoms with E-state index in [0.29, 0.717) is 11.0 Å². The summed E-state index contributed by atoms with van der Waals surface area (Å²) in [5.41, 5.74) is 1.10. The van der Waals surface area contributed by atoms with Gasteiger partial charge in [0, 0.05) is 0 Å². The minimum atomic E-state index is -3.96. The Kier molecular flexibility index (Phi) is 6.92. The second-order valence-corrected chi connectivity index (χ2v) is 9.01. The quantitative estimate of drug-likeness (QED) is 0.269. The Balaban J connectivity index is 1.76. The molecule has 0 fully saturated rings. The van der Waals surface area contributed by atoms with Crippen molar-refractivity contribution >= 4 is 32.6 Å². The van der Waals surface area contributed by atoms with Gasteiger partial charge in [0.05, 0.1) is 15.9 Å². The van der Waals surface area contributed by atoms with Crippen LogP contribution >= 0.6 is 0 Å². The standard InChI is InChI=1S/C22H22N4O5S/c1-14(2)20(26-32(29,30)15-8-4-3-5-9-15)22(28)31-13-19(27)16(12-23)21-24-17-10-6-7-11-18(17)25-21/h3-11,14,20,26-27H,13H2,1-2H3,(H,24,25)/t20-/m0/s1. The monoisotopic (exact) mass is 454 g/mol. The zero-order chi connectivity index (χ0) is 23.3. The highest BCUT2D eigenvalue weighted by molar-refractivity contribution is 7.89. The number of imidazole rings is 1. The topological polar surface area (TPSA) is 145 Å². The molecule has 0 saturated carbocycles. The number of nitriles is 1. The lowest BCUT2D eigenvalue weighted by Crippen LogP contribution is -2.45. The molecule has 9 nitrogen and oxygen atoms in total. The predicted octanol–water partition coefficient (Wildman–Crippen LogP) is 2.90. The van der Waals surface area contributed by atoms with Crippen molar-refractivity contribution in [1.82, 2.24) is 14.7 Å². The molecule has 3 N–H and O–H groups in total. The zero-order valence-corrected chi connectivity index (χ0v) is 18.3. The minimum absolute atomic E-state index is 0.0119. The van der Waals surface area contributed by atoms with E-state index in [1.165, 1.54) is 12.1 Å². The summed E-state index contributed by atoms with van der Waals surface area (Å²) in [5.74, 6) is -1.69. The van der Waals surface area contributed by atoms with Crippen LogP contribution in [0.25, 0.3) is 16.6 Å². The lowest BCUT2D eigenvalue weighted by Gasteiger charge is -2.20. The molecule has 32 heavy (non-hydrogen) atoms. The number of sulfonamides is 1. The second-order valence-electron chi connectivity index (χ2n) is 7.30. The fraction of sp³-hybridized carbons (Fsp3) is 0.227. The van der Waals surface area contributed by atoms with E-state index in [1.807, 2.05) is 6.07 Å². The van der Waals surface area contributed by atoms with Crippen LogP contribution in [0.15, 0.2) is 65.3 Å². The molecule has 10 heteroatoms. The molecule has 0 radical (unpaired) electrons. The number of fused-ring (bicyclic) bond motifs is 1. The first kappa shape index (κ1) is 23.0. The summed E-state index contributed by atoms with van der Waals surface area (Å²) in [4.78, 5) is 19.8. The smallest absolute Gasteiger partial charge is 0.324 e. The van der Waals surface area contributed by atoms with Gasteiger partial charge in [-0.1, -0.05) is 44.2 Å². The van der Waals surface area contributed by atoms with Gasteiger partial charge in [-0.05, 0) is 30.2 Å². The number of para-hydroxylation sites is 2. The van der Waals surface area contributed by atoms with Gasteiger partial charge in [-0.2, -0.15) is 9.98 Å². The van der Waals surface area contributed by atoms with Crippen LogP contribution in [0.2, 0.25) is 0 Å². The maximum atomic E-state index is 12.6. The Hall–Kier alpha value is -3.68. The van der Waals surface area contributed by atoms with Crippen molar-refractivity contribution in [2.24, 2.45) is 5.92 Å². The maximum absolute atomic E-state index is 12.6. The maximum Gasteiger partial charge on any atom is 0.324 e. The normalized spacial score (nSPS) is 13.4. The van der Waals surface area contributed by atoms with Crippen LogP contribution in [0.1, 0.15) is 19.7 Å². The van der Waals surface area contributed by atoms with Crippen LogP contribution in [0.4, 0.5) is 0 Å². The van der Waals surface area contributed by atoms with E-state index in [9.17, 15) is 23.6 Å². The van der Waals surface area contributed by atoms with E-state index in [1.54, 1.807) is 56.3 Å². The first-order valence-electron chi connectivity index (χ1n) is 9.74. The number of allylic oxidation sites excluding steroid dienone is 1. The number of benzene rings is 2. The summed E-state index contributed by atoms with van der Waals surface area (Å²) in [5, 5.41) is 19.8. The highest BCUT2D eigenvalue weighted by atomic mass is 32.2. The number of nitrogens with one attached hydrogen (secondary N) is 2. The Labute approximate surface area is 185 Å². The van der Waals surface area contributed by atoms with Crippen LogP contribution < -0.4 is 4.72 Å². The molecule has 0 spiro atoms. The lowest BCUT2D eigenvalue weighted by molar-refractivity contribution is -0.146. The van der Waals surface area contributed by atoms with E-state index >= 15 is 0 Å². The Morgan fingerprint density at radius 3 is 2.47 bits per heavy atom. The number of hydrogen-bond donors (Lipinski definition) is 3. The molecule has 0 amide bonds. The summed E-state index contributed by atoms with van der Waals surface area (Å²) in [7, 11) is -3.96. The van der Waals surface area contributed by atoms with E-state index < -0.39 is 40.3 Å². The van der Waals surface area contributed by atoms with Crippen LogP contribution in [-0.4, -0.2) is 42.1 Å². The molecule has 1 aromatic heterocycles. The number of aliphatic hydroxyl groups excluding tert-OH is 1. The average molecular weight is 455 g/mol. The minimum Gasteiger partial charge on any atom is -0.507 e. The van der Waals surface area contributed by atoms with Gasteiger partial charge in [-0.15, -0.1) is 0 Å². The van der Waals surface area contributed by atoms with Gasteiger partial charge in [0.25, 0.3) is 0 Å². The molecular weight excluding hydrogens is 432 g/mol. The molecule has 2 aromatic carbocycles. The first-order chi connectivity index (χ1) is 15.2. The number of aromatic amines is 1. The van der Waals surface area contributed by atoms with Crippen LogP contribution in [0.5, 0.6) is 0 Å². The van der Waals surface area contributed by atoms with Gasteiger partial charge < -0.3 is 14.8 Å². The van der Waals surface area contributed by atoms with Crippen LogP contribution in [0, 0.1) is 17.2 Å². The lowest BCUT2D eigenvalue weighted by atomic mass is 10.1. The third-order valence-corrected chi connectivity index (χ3v) is 6.09. The van der Waals surface area contributed by atoms with Crippen molar-refractivity contribution in [2.75, 3.05) is 6.61 Å². The van der Waals surface area contributed by atoms with Crippen molar-refractivity contribution in [3.8, 4) is 6.07 Å². The van der Waals surface area contributed by atoms with Gasteiger partial charge in [0.1, 0.15) is 24.3 Å². The van der Waals surface area contributed by atoms with E-state index in [2.05, 4.69) is 14.7 Å². The SMILES string of the molecule is CC(C)[C@H](NS(=O)(=O)c1ccccc1)C(=O)OCC(O)=C(C#N)c1nc2ccccc2[nH]1. The molecule has 0 unspecified atom stereocenters. The fourth-order valence-electron chi connectivity index (χ4n) is 2.92. The summed E-state index contributed by atoms with van der Waals surface area (Å²) < 4.78 is 32.6. The van der Waals surface area contributed by atoms with E-state index in [-0.39, 0.29) is 16.3 Å². The molecule has 0 aliphatic rings. The van der Waals surface area contributed by atoms with Crippen molar-refractivity contribution in [3.63, 3.8) is 0 Å². The van der Waals surface area contributed by atoms with Gasteiger partial charge in [0.15, 0.2) is 11.6 Å². The zero-order valence-electron chi connectivity index (χ0n) is 17.4. The second kappa shape index (κ2) is 9.64. The molecule has 0 bridgehead atoms. The van der Waals surface area contributed by atoms with Gasteiger partial charge >= 0.3 is 5.97 Å². The number of ether oxygens (including phenoxy) is 1. The van der Waals surface area contributed by atoms with Gasteiger partial charge in [-0.25, -0.2) is 13.4 Å². The molecule has 3 rings (SSSR count). The summed E-state index contributed by atoms with van der Waals surface area (Å²) in [6.45, 7) is 2.70. The number of aliphatic hydroxyl groups is 1. The Morgan fingerprint density at radius 2 is 1.84 bits per heavy atom. The summed E-state index contributed by atoms with van der Waals surface area (Å²) >= 11 is 0. The number of hydrogen-bond acceptors (Lipinski definition) is 7. The number of carbonyl (C=O) groups excluding carboxylic acids is 1. The number of nitrogens with zero attached hydrogens (tertiary/aromatic N) is 2. The third-order valence-electron chi connectivity index (χ3n) is 4.63. The van der Waals surface area contributed by atoms with Gasteiger partial charge in [-0.3, -0.25) is 4.79 Å².